The van der Waals surface area contributed by atoms with E-state index < -0.39 is 0 Å². The van der Waals surface area contributed by atoms with Gasteiger partial charge in [0.1, 0.15) is 0 Å². The predicted molar refractivity (Wildman–Crippen MR) is 68.3 cm³/mol. The molecule has 1 unspecified atom stereocenters. The molecule has 0 aromatic heterocycles. The van der Waals surface area contributed by atoms with E-state index in [-0.39, 0.29) is 0 Å². The van der Waals surface area contributed by atoms with Crippen LogP contribution >= 0.6 is 0 Å². The van der Waals surface area contributed by atoms with Gasteiger partial charge in [-0.15, -0.1) is 6.58 Å². The molecular formula is C15H22. The minimum absolute atomic E-state index is 0.454. The third-order valence-corrected chi connectivity index (χ3v) is 2.68. The summed E-state index contributed by atoms with van der Waals surface area (Å²) in [6.45, 7) is 12.7. The Kier molecular flexibility index (Phi) is 4.14. The molecule has 0 nitrogen and oxygen atoms in total. The number of benzene rings is 1. The molecule has 0 heterocycles. The van der Waals surface area contributed by atoms with E-state index in [1.54, 1.807) is 0 Å². The van der Waals surface area contributed by atoms with Crippen LogP contribution in [0, 0.1) is 12.8 Å². The second-order valence-electron chi connectivity index (χ2n) is 4.87. The molecule has 15 heavy (non-hydrogen) atoms. The fourth-order valence-corrected chi connectivity index (χ4v) is 1.88. The molecule has 0 radical (unpaired) electrons. The summed E-state index contributed by atoms with van der Waals surface area (Å²) in [5.74, 6) is 1.18. The van der Waals surface area contributed by atoms with Crippen molar-refractivity contribution < 1.29 is 0 Å². The Labute approximate surface area is 94.0 Å². The Morgan fingerprint density at radius 3 is 2.40 bits per heavy atom. The molecule has 0 aliphatic rings. The van der Waals surface area contributed by atoms with Crippen LogP contribution in [-0.2, 0) is 6.42 Å². The van der Waals surface area contributed by atoms with E-state index in [2.05, 4.69) is 52.5 Å². The van der Waals surface area contributed by atoms with Crippen LogP contribution in [0.25, 0.3) is 0 Å². The molecule has 82 valence electrons. The molecule has 0 aliphatic heterocycles. The van der Waals surface area contributed by atoms with E-state index in [1.165, 1.54) is 23.1 Å². The van der Waals surface area contributed by atoms with Crippen molar-refractivity contribution in [2.24, 2.45) is 5.92 Å². The zero-order valence-corrected chi connectivity index (χ0v) is 10.4. The largest absolute Gasteiger partial charge is 0.102 e. The average Bonchev–Trinajstić information content (AvgIpc) is 2.14. The first kappa shape index (κ1) is 12.0. The SMILES string of the molecule is C=CC(C)c1cc(C)cc(CC(C)C)c1. The second kappa shape index (κ2) is 5.16. The van der Waals surface area contributed by atoms with Gasteiger partial charge in [-0.2, -0.15) is 0 Å². The highest BCUT2D eigenvalue weighted by atomic mass is 14.1. The zero-order valence-electron chi connectivity index (χ0n) is 10.4. The monoisotopic (exact) mass is 202 g/mol. The van der Waals surface area contributed by atoms with Crippen LogP contribution in [0.5, 0.6) is 0 Å². The third kappa shape index (κ3) is 3.54. The van der Waals surface area contributed by atoms with E-state index in [9.17, 15) is 0 Å². The van der Waals surface area contributed by atoms with Crippen molar-refractivity contribution in [3.8, 4) is 0 Å². The van der Waals surface area contributed by atoms with Crippen LogP contribution in [0.1, 0.15) is 43.4 Å². The average molecular weight is 202 g/mol. The normalized spacial score (nSPS) is 12.9. The zero-order chi connectivity index (χ0) is 11.4. The van der Waals surface area contributed by atoms with Crippen LogP contribution in [0.15, 0.2) is 30.9 Å². The van der Waals surface area contributed by atoms with Crippen molar-refractivity contribution in [3.63, 3.8) is 0 Å². The van der Waals surface area contributed by atoms with E-state index in [0.717, 1.165) is 5.92 Å². The molecule has 0 N–H and O–H groups in total. The molecule has 0 saturated heterocycles. The Balaban J connectivity index is 2.99. The standard InChI is InChI=1S/C15H22/c1-6-13(5)15-9-12(4)8-14(10-15)7-11(2)3/h6,8-11,13H,1,7H2,2-5H3. The van der Waals surface area contributed by atoms with Crippen LogP contribution in [0.3, 0.4) is 0 Å². The van der Waals surface area contributed by atoms with Gasteiger partial charge in [-0.05, 0) is 36.3 Å². The van der Waals surface area contributed by atoms with Gasteiger partial charge in [-0.25, -0.2) is 0 Å². The van der Waals surface area contributed by atoms with E-state index >= 15 is 0 Å². The Morgan fingerprint density at radius 1 is 1.20 bits per heavy atom. The van der Waals surface area contributed by atoms with Crippen molar-refractivity contribution in [2.45, 2.75) is 40.0 Å². The van der Waals surface area contributed by atoms with Gasteiger partial charge in [-0.3, -0.25) is 0 Å². The van der Waals surface area contributed by atoms with Crippen LogP contribution in [0.2, 0.25) is 0 Å². The number of hydrogen-bond acceptors (Lipinski definition) is 0. The predicted octanol–water partition coefficient (Wildman–Crippen LogP) is 4.48. The molecule has 0 bridgehead atoms. The Morgan fingerprint density at radius 2 is 1.87 bits per heavy atom. The smallest absolute Gasteiger partial charge is 0.00129 e. The molecule has 1 rings (SSSR count). The van der Waals surface area contributed by atoms with Crippen molar-refractivity contribution in [3.05, 3.63) is 47.5 Å². The summed E-state index contributed by atoms with van der Waals surface area (Å²) in [5.41, 5.74) is 4.20. The van der Waals surface area contributed by atoms with Crippen molar-refractivity contribution in [1.29, 1.82) is 0 Å². The first-order valence-corrected chi connectivity index (χ1v) is 5.76. The first-order chi connectivity index (χ1) is 7.02. The summed E-state index contributed by atoms with van der Waals surface area (Å²) in [4.78, 5) is 0. The van der Waals surface area contributed by atoms with E-state index in [1.807, 2.05) is 6.08 Å². The quantitative estimate of drug-likeness (QED) is 0.631. The van der Waals surface area contributed by atoms with Gasteiger partial charge in [0.2, 0.25) is 0 Å². The molecule has 0 amide bonds. The lowest BCUT2D eigenvalue weighted by molar-refractivity contribution is 0.646. The van der Waals surface area contributed by atoms with Gasteiger partial charge in [0.05, 0.1) is 0 Å². The highest BCUT2D eigenvalue weighted by molar-refractivity contribution is 5.33. The van der Waals surface area contributed by atoms with Gasteiger partial charge in [0, 0.05) is 0 Å². The fourth-order valence-electron chi connectivity index (χ4n) is 1.88. The fraction of sp³-hybridized carbons (Fsp3) is 0.467. The number of aryl methyl sites for hydroxylation is 1. The number of allylic oxidation sites excluding steroid dienone is 1. The van der Waals surface area contributed by atoms with Crippen LogP contribution in [-0.4, -0.2) is 0 Å². The summed E-state index contributed by atoms with van der Waals surface area (Å²) in [6.07, 6.45) is 3.17. The molecule has 1 atom stereocenters. The molecule has 0 aliphatic carbocycles. The molecule has 1 aromatic carbocycles. The minimum atomic E-state index is 0.454. The van der Waals surface area contributed by atoms with Gasteiger partial charge in [0.15, 0.2) is 0 Å². The Bertz CT molecular complexity index is 334. The summed E-state index contributed by atoms with van der Waals surface area (Å²) in [7, 11) is 0. The Hall–Kier alpha value is -1.04. The van der Waals surface area contributed by atoms with Crippen molar-refractivity contribution >= 4 is 0 Å². The molecule has 0 heteroatoms. The molecule has 0 saturated carbocycles. The summed E-state index contributed by atoms with van der Waals surface area (Å²) in [5, 5.41) is 0. The van der Waals surface area contributed by atoms with Gasteiger partial charge >= 0.3 is 0 Å². The summed E-state index contributed by atoms with van der Waals surface area (Å²) >= 11 is 0. The van der Waals surface area contributed by atoms with Crippen molar-refractivity contribution in [2.75, 3.05) is 0 Å². The topological polar surface area (TPSA) is 0 Å². The van der Waals surface area contributed by atoms with Gasteiger partial charge in [0.25, 0.3) is 0 Å². The summed E-state index contributed by atoms with van der Waals surface area (Å²) < 4.78 is 0. The third-order valence-electron chi connectivity index (χ3n) is 2.68. The maximum absolute atomic E-state index is 3.86. The lowest BCUT2D eigenvalue weighted by Gasteiger charge is -2.12. The van der Waals surface area contributed by atoms with E-state index in [0.29, 0.717) is 5.92 Å². The van der Waals surface area contributed by atoms with E-state index in [4.69, 9.17) is 0 Å². The number of rotatable bonds is 4. The molecule has 0 spiro atoms. The maximum Gasteiger partial charge on any atom is -0.00129 e. The van der Waals surface area contributed by atoms with Crippen LogP contribution < -0.4 is 0 Å². The molecular weight excluding hydrogens is 180 g/mol. The van der Waals surface area contributed by atoms with Crippen molar-refractivity contribution in [1.82, 2.24) is 0 Å². The van der Waals surface area contributed by atoms with Gasteiger partial charge in [-0.1, -0.05) is 50.6 Å². The first-order valence-electron chi connectivity index (χ1n) is 5.76. The highest BCUT2D eigenvalue weighted by Crippen LogP contribution is 2.21. The lowest BCUT2D eigenvalue weighted by Crippen LogP contribution is -1.98. The number of hydrogen-bond donors (Lipinski definition) is 0. The maximum atomic E-state index is 3.86. The lowest BCUT2D eigenvalue weighted by atomic mass is 9.93. The second-order valence-corrected chi connectivity index (χ2v) is 4.87. The highest BCUT2D eigenvalue weighted by Gasteiger charge is 2.05. The minimum Gasteiger partial charge on any atom is -0.102 e. The summed E-state index contributed by atoms with van der Waals surface area (Å²) in [6, 6.07) is 6.87. The molecule has 1 aromatic rings. The van der Waals surface area contributed by atoms with Crippen LogP contribution in [0.4, 0.5) is 0 Å². The van der Waals surface area contributed by atoms with Gasteiger partial charge < -0.3 is 0 Å². The molecule has 0 fully saturated rings.